The highest BCUT2D eigenvalue weighted by atomic mass is 16.4. The highest BCUT2D eigenvalue weighted by molar-refractivity contribution is 6.10. The van der Waals surface area contributed by atoms with Gasteiger partial charge in [-0.25, -0.2) is 4.79 Å². The summed E-state index contributed by atoms with van der Waals surface area (Å²) < 4.78 is 0. The van der Waals surface area contributed by atoms with Gasteiger partial charge in [-0.1, -0.05) is 26.0 Å². The summed E-state index contributed by atoms with van der Waals surface area (Å²) in [7, 11) is 0. The summed E-state index contributed by atoms with van der Waals surface area (Å²) in [6.45, 7) is 4.30. The minimum Gasteiger partial charge on any atom is -0.548 e. The van der Waals surface area contributed by atoms with Gasteiger partial charge in [0.2, 0.25) is 11.8 Å². The maximum Gasteiger partial charge on any atom is 0.323 e. The van der Waals surface area contributed by atoms with Gasteiger partial charge in [-0.05, 0) is 25.0 Å². The van der Waals surface area contributed by atoms with E-state index in [1.807, 2.05) is 0 Å². The number of hydrogen-bond donors (Lipinski definition) is 4. The number of nitrogens with zero attached hydrogens (tertiary/aromatic N) is 1. The van der Waals surface area contributed by atoms with Gasteiger partial charge in [-0.3, -0.25) is 14.5 Å². The molecule has 0 fully saturated rings. The molecule has 0 bridgehead atoms. The molecule has 0 aliphatic carbocycles. The molecule has 1 aromatic carbocycles. The molecule has 3 atom stereocenters. The topological polar surface area (TPSA) is 151 Å². The highest BCUT2D eigenvalue weighted by Crippen LogP contribution is 2.28. The van der Waals surface area contributed by atoms with E-state index >= 15 is 0 Å². The smallest absolute Gasteiger partial charge is 0.323 e. The van der Waals surface area contributed by atoms with Crippen LogP contribution in [0.2, 0.25) is 0 Å². The van der Waals surface area contributed by atoms with Gasteiger partial charge in [0.15, 0.2) is 0 Å². The first-order valence-electron chi connectivity index (χ1n) is 8.78. The van der Waals surface area contributed by atoms with Gasteiger partial charge in [0, 0.05) is 0 Å². The van der Waals surface area contributed by atoms with Crippen molar-refractivity contribution in [2.24, 2.45) is 5.92 Å². The van der Waals surface area contributed by atoms with Crippen molar-refractivity contribution in [1.82, 2.24) is 10.6 Å². The molecule has 10 nitrogen and oxygen atoms in total. The van der Waals surface area contributed by atoms with Crippen LogP contribution in [0, 0.1) is 5.92 Å². The van der Waals surface area contributed by atoms with Crippen molar-refractivity contribution in [3.05, 3.63) is 24.3 Å². The molecule has 1 aromatic rings. The number of anilines is 2. The average molecular weight is 391 g/mol. The summed E-state index contributed by atoms with van der Waals surface area (Å²) in [6, 6.07) is 3.32. The number of carboxylic acids is 1. The Morgan fingerprint density at radius 1 is 1.14 bits per heavy atom. The Labute approximate surface area is 161 Å². The van der Waals surface area contributed by atoms with Gasteiger partial charge in [-0.15, -0.1) is 0 Å². The zero-order valence-electron chi connectivity index (χ0n) is 15.8. The second kappa shape index (κ2) is 8.70. The van der Waals surface area contributed by atoms with Crippen LogP contribution in [0.3, 0.4) is 0 Å². The second-order valence-corrected chi connectivity index (χ2v) is 6.87. The number of benzene rings is 1. The zero-order chi connectivity index (χ0) is 21.0. The van der Waals surface area contributed by atoms with E-state index in [0.29, 0.717) is 11.4 Å². The molecular weight excluding hydrogens is 368 g/mol. The average Bonchev–Trinajstić information content (AvgIpc) is 2.62. The lowest BCUT2D eigenvalue weighted by Crippen LogP contribution is -2.60. The van der Waals surface area contributed by atoms with Gasteiger partial charge >= 0.3 is 6.03 Å². The fraction of sp³-hybridized carbons (Fsp3) is 0.444. The van der Waals surface area contributed by atoms with Crippen LogP contribution >= 0.6 is 0 Å². The summed E-state index contributed by atoms with van der Waals surface area (Å²) in [5.41, 5.74) is 0.935. The normalized spacial score (nSPS) is 16.5. The number of fused-ring (bicyclic) bond motifs is 1. The number of aliphatic carboxylic acids is 1. The van der Waals surface area contributed by atoms with Crippen molar-refractivity contribution < 1.29 is 29.4 Å². The quantitative estimate of drug-likeness (QED) is 0.478. The third kappa shape index (κ3) is 4.77. The summed E-state index contributed by atoms with van der Waals surface area (Å²) >= 11 is 0. The van der Waals surface area contributed by atoms with E-state index in [0.717, 1.165) is 0 Å². The molecule has 28 heavy (non-hydrogen) atoms. The third-order valence-corrected chi connectivity index (χ3v) is 4.28. The van der Waals surface area contributed by atoms with Crippen LogP contribution in [-0.4, -0.2) is 53.7 Å². The molecular formula is C18H23N4O6-. The molecule has 152 valence electrons. The first-order chi connectivity index (χ1) is 13.1. The Hall–Kier alpha value is -3.14. The zero-order valence-corrected chi connectivity index (χ0v) is 15.8. The number of hydrogen-bond acceptors (Lipinski definition) is 6. The van der Waals surface area contributed by atoms with Crippen LogP contribution in [0.15, 0.2) is 24.3 Å². The SMILES string of the molecule is CC(C)[C@H](NC(=O)N1CC(=O)Nc2ccccc21)C(=O)N[C@H](C(=O)[O-])[C@H](C)O. The number of para-hydroxylation sites is 2. The Morgan fingerprint density at radius 2 is 1.79 bits per heavy atom. The van der Waals surface area contributed by atoms with E-state index in [-0.39, 0.29) is 12.5 Å². The molecule has 2 rings (SSSR count). The van der Waals surface area contributed by atoms with Crippen molar-refractivity contribution in [3.8, 4) is 0 Å². The molecule has 1 aliphatic heterocycles. The predicted molar refractivity (Wildman–Crippen MR) is 98.2 cm³/mol. The van der Waals surface area contributed by atoms with E-state index in [2.05, 4.69) is 16.0 Å². The van der Waals surface area contributed by atoms with Crippen molar-refractivity contribution >= 4 is 35.2 Å². The molecule has 1 aliphatic rings. The molecule has 0 unspecified atom stereocenters. The van der Waals surface area contributed by atoms with E-state index < -0.39 is 42.0 Å². The predicted octanol–water partition coefficient (Wildman–Crippen LogP) is -1.21. The summed E-state index contributed by atoms with van der Waals surface area (Å²) in [5.74, 6) is -3.20. The lowest BCUT2D eigenvalue weighted by atomic mass is 10.0. The number of carboxylic acid groups (broad SMARTS) is 1. The Kier molecular flexibility index (Phi) is 6.57. The number of aliphatic hydroxyl groups excluding tert-OH is 1. The maximum absolute atomic E-state index is 12.8. The molecule has 4 amide bonds. The van der Waals surface area contributed by atoms with Gasteiger partial charge in [0.25, 0.3) is 0 Å². The number of aliphatic hydroxyl groups is 1. The maximum atomic E-state index is 12.8. The number of amides is 4. The molecule has 0 aromatic heterocycles. The lowest BCUT2D eigenvalue weighted by molar-refractivity contribution is -0.310. The molecule has 0 saturated carbocycles. The van der Waals surface area contributed by atoms with E-state index in [1.165, 1.54) is 11.8 Å². The summed E-state index contributed by atoms with van der Waals surface area (Å²) in [5, 5.41) is 27.9. The van der Waals surface area contributed by atoms with Crippen LogP contribution in [0.25, 0.3) is 0 Å². The van der Waals surface area contributed by atoms with Crippen molar-refractivity contribution in [2.45, 2.75) is 39.0 Å². The second-order valence-electron chi connectivity index (χ2n) is 6.87. The van der Waals surface area contributed by atoms with E-state index in [4.69, 9.17) is 0 Å². The van der Waals surface area contributed by atoms with Gasteiger partial charge < -0.3 is 31.0 Å². The van der Waals surface area contributed by atoms with Crippen molar-refractivity contribution in [2.75, 3.05) is 16.8 Å². The summed E-state index contributed by atoms with van der Waals surface area (Å²) in [4.78, 5) is 49.4. The van der Waals surface area contributed by atoms with E-state index in [9.17, 15) is 29.4 Å². The number of urea groups is 1. The van der Waals surface area contributed by atoms with Crippen LogP contribution in [-0.2, 0) is 14.4 Å². The van der Waals surface area contributed by atoms with Crippen LogP contribution in [0.4, 0.5) is 16.2 Å². The van der Waals surface area contributed by atoms with Crippen molar-refractivity contribution in [3.63, 3.8) is 0 Å². The minimum absolute atomic E-state index is 0.232. The van der Waals surface area contributed by atoms with Crippen LogP contribution < -0.4 is 26.0 Å². The number of carbonyl (C=O) groups excluding carboxylic acids is 4. The molecule has 0 saturated heterocycles. The number of nitrogens with one attached hydrogen (secondary N) is 3. The fourth-order valence-electron chi connectivity index (χ4n) is 2.78. The molecule has 4 N–H and O–H groups in total. The van der Waals surface area contributed by atoms with Gasteiger partial charge in [-0.2, -0.15) is 0 Å². The summed E-state index contributed by atoms with van der Waals surface area (Å²) in [6.07, 6.45) is -1.38. The number of rotatable bonds is 6. The largest absolute Gasteiger partial charge is 0.548 e. The first-order valence-corrected chi connectivity index (χ1v) is 8.78. The standard InChI is InChI=1S/C18H24N4O6/c1-9(2)14(16(25)20-15(10(3)23)17(26)27)21-18(28)22-8-13(24)19-11-6-4-5-7-12(11)22/h4-7,9-10,14-15,23H,8H2,1-3H3,(H,19,24)(H,20,25)(H,21,28)(H,26,27)/p-1/t10-,14-,15-/m0/s1. The van der Waals surface area contributed by atoms with Crippen LogP contribution in [0.1, 0.15) is 20.8 Å². The molecule has 0 radical (unpaired) electrons. The first kappa shape index (κ1) is 21.2. The minimum atomic E-state index is -1.64. The number of carbonyl (C=O) groups is 4. The Bertz CT molecular complexity index is 779. The molecule has 10 heteroatoms. The fourth-order valence-corrected chi connectivity index (χ4v) is 2.78. The van der Waals surface area contributed by atoms with Crippen molar-refractivity contribution in [1.29, 1.82) is 0 Å². The monoisotopic (exact) mass is 391 g/mol. The Balaban J connectivity index is 2.18. The van der Waals surface area contributed by atoms with Gasteiger partial charge in [0.1, 0.15) is 12.6 Å². The van der Waals surface area contributed by atoms with Gasteiger partial charge in [0.05, 0.1) is 29.5 Å². The van der Waals surface area contributed by atoms with E-state index in [1.54, 1.807) is 38.1 Å². The lowest BCUT2D eigenvalue weighted by Gasteiger charge is -2.32. The Morgan fingerprint density at radius 3 is 2.36 bits per heavy atom. The molecule has 0 spiro atoms. The van der Waals surface area contributed by atoms with Crippen LogP contribution in [0.5, 0.6) is 0 Å². The third-order valence-electron chi connectivity index (χ3n) is 4.28. The highest BCUT2D eigenvalue weighted by Gasteiger charge is 2.32. The molecule has 1 heterocycles.